The lowest BCUT2D eigenvalue weighted by atomic mass is 9.82. The Labute approximate surface area is 75.0 Å². The molecule has 1 heterocycles. The van der Waals surface area contributed by atoms with Crippen LogP contribution in [-0.4, -0.2) is 28.5 Å². The van der Waals surface area contributed by atoms with Crippen LogP contribution in [0, 0.1) is 11.3 Å². The first-order valence-electron chi connectivity index (χ1n) is 4.23. The predicted octanol–water partition coefficient (Wildman–Crippen LogP) is 0.645. The summed E-state index contributed by atoms with van der Waals surface area (Å²) in [5.41, 5.74) is 0.255. The summed E-state index contributed by atoms with van der Waals surface area (Å²) in [7, 11) is 0. The molecule has 2 fully saturated rings. The van der Waals surface area contributed by atoms with Gasteiger partial charge >= 0.3 is 0 Å². The molecule has 11 heavy (non-hydrogen) atoms. The number of hydrogen-bond donors (Lipinski definition) is 0. The average molecular weight is 165 g/mol. The van der Waals surface area contributed by atoms with E-state index in [2.05, 4.69) is 6.07 Å². The molecule has 0 aromatic rings. The summed E-state index contributed by atoms with van der Waals surface area (Å²) in [6.07, 6.45) is 4.42. The second kappa shape index (κ2) is 2.24. The smallest absolute Gasteiger partial charge is 0.244 e. The maximum Gasteiger partial charge on any atom is 0.244 e. The molecule has 0 N–H and O–H groups in total. The Hall–Kier alpha value is -0.0175. The molecular formula is C8H12AlNO. The molecule has 1 saturated carbocycles. The summed E-state index contributed by atoms with van der Waals surface area (Å²) >= 11 is 1.02. The minimum atomic E-state index is 0.0806. The molecule has 3 heteroatoms. The predicted molar refractivity (Wildman–Crippen MR) is 44.0 cm³/mol. The van der Waals surface area contributed by atoms with Gasteiger partial charge < -0.3 is 4.74 Å². The van der Waals surface area contributed by atoms with E-state index in [9.17, 15) is 0 Å². The Balaban J connectivity index is 2.00. The minimum Gasteiger partial charge on any atom is -0.370 e. The van der Waals surface area contributed by atoms with Gasteiger partial charge in [0.2, 0.25) is 16.3 Å². The fourth-order valence-electron chi connectivity index (χ4n) is 1.76. The zero-order chi connectivity index (χ0) is 7.95. The van der Waals surface area contributed by atoms with Crippen LogP contribution >= 0.6 is 0 Å². The van der Waals surface area contributed by atoms with E-state index < -0.39 is 0 Å². The number of rotatable bonds is 0. The number of hydrogen-bond acceptors (Lipinski definition) is 2. The lowest BCUT2D eigenvalue weighted by molar-refractivity contribution is 0.223. The van der Waals surface area contributed by atoms with Crippen LogP contribution in [0.2, 0.25) is 4.28 Å². The van der Waals surface area contributed by atoms with Crippen molar-refractivity contribution in [3.8, 4) is 6.07 Å². The summed E-state index contributed by atoms with van der Waals surface area (Å²) in [5, 5.41) is 8.88. The van der Waals surface area contributed by atoms with E-state index in [0.29, 0.717) is 0 Å². The van der Waals surface area contributed by atoms with Crippen LogP contribution in [0.4, 0.5) is 0 Å². The third-order valence-electron chi connectivity index (χ3n) is 3.09. The highest BCUT2D eigenvalue weighted by Crippen LogP contribution is 2.50. The Morgan fingerprint density at radius 2 is 1.82 bits per heavy atom. The van der Waals surface area contributed by atoms with E-state index in [0.717, 1.165) is 48.6 Å². The maximum atomic E-state index is 8.88. The Morgan fingerprint density at radius 3 is 2.18 bits per heavy atom. The van der Waals surface area contributed by atoms with Gasteiger partial charge in [-0.05, 0) is 25.7 Å². The topological polar surface area (TPSA) is 36.3 Å². The van der Waals surface area contributed by atoms with Gasteiger partial charge in [-0.25, -0.2) is 0 Å². The van der Waals surface area contributed by atoms with E-state index in [1.807, 2.05) is 0 Å². The molecule has 2 rings (SSSR count). The molecule has 1 aliphatic heterocycles. The molecule has 1 aliphatic carbocycles. The molecule has 58 valence electrons. The molecule has 2 aliphatic rings. The van der Waals surface area contributed by atoms with Crippen molar-refractivity contribution in [3.05, 3.63) is 0 Å². The Bertz CT molecular complexity index is 207. The molecule has 1 saturated heterocycles. The van der Waals surface area contributed by atoms with Gasteiger partial charge in [0, 0.05) is 4.28 Å². The third-order valence-corrected chi connectivity index (χ3v) is 4.31. The molecule has 2 nitrogen and oxygen atoms in total. The Morgan fingerprint density at radius 1 is 1.27 bits per heavy atom. The summed E-state index contributed by atoms with van der Waals surface area (Å²) in [4.78, 5) is 0. The van der Waals surface area contributed by atoms with Crippen molar-refractivity contribution in [2.75, 3.05) is 6.61 Å². The van der Waals surface area contributed by atoms with Gasteiger partial charge in [-0.2, -0.15) is 5.26 Å². The first-order chi connectivity index (χ1) is 5.18. The highest BCUT2D eigenvalue weighted by molar-refractivity contribution is 6.17. The molecule has 0 radical (unpaired) electrons. The van der Waals surface area contributed by atoms with Crippen molar-refractivity contribution < 1.29 is 4.74 Å². The van der Waals surface area contributed by atoms with E-state index in [-0.39, 0.29) is 9.88 Å². The lowest BCUT2D eigenvalue weighted by Crippen LogP contribution is -2.25. The van der Waals surface area contributed by atoms with Gasteiger partial charge in [-0.15, -0.1) is 0 Å². The highest BCUT2D eigenvalue weighted by Gasteiger charge is 2.49. The molecule has 0 unspecified atom stereocenters. The summed E-state index contributed by atoms with van der Waals surface area (Å²) in [6, 6.07) is 2.45. The number of ether oxygens (including phenoxy) is 1. The summed E-state index contributed by atoms with van der Waals surface area (Å²) in [5.74, 6) is 0. The number of nitrogens with zero attached hydrogens (tertiary/aromatic N) is 1. The number of epoxide rings is 1. The van der Waals surface area contributed by atoms with Crippen molar-refractivity contribution >= 4 is 16.3 Å². The lowest BCUT2D eigenvalue weighted by Gasteiger charge is -2.30. The monoisotopic (exact) mass is 165 g/mol. The van der Waals surface area contributed by atoms with Crippen LogP contribution in [0.25, 0.3) is 0 Å². The van der Waals surface area contributed by atoms with Crippen molar-refractivity contribution in [3.63, 3.8) is 0 Å². The van der Waals surface area contributed by atoms with Gasteiger partial charge in [0.05, 0.1) is 18.3 Å². The molecule has 0 aromatic heterocycles. The molecule has 1 spiro atoms. The first-order valence-corrected chi connectivity index (χ1v) is 5.23. The van der Waals surface area contributed by atoms with Crippen LogP contribution in [-0.2, 0) is 4.74 Å². The van der Waals surface area contributed by atoms with Crippen LogP contribution in [0.1, 0.15) is 25.7 Å². The van der Waals surface area contributed by atoms with Crippen molar-refractivity contribution in [1.82, 2.24) is 0 Å². The molecule has 0 bridgehead atoms. The van der Waals surface area contributed by atoms with Gasteiger partial charge in [0.25, 0.3) is 0 Å². The standard InChI is InChI=1S/C8H10NO.Al.2H/c9-5-7-1-3-8(4-2-7)6-10-8;;;/h1-4,6H2;;;. The van der Waals surface area contributed by atoms with Crippen molar-refractivity contribution in [2.45, 2.75) is 35.6 Å². The quantitative estimate of drug-likeness (QED) is 0.390. The first kappa shape index (κ1) is 7.62. The fourth-order valence-corrected chi connectivity index (χ4v) is 2.26. The largest absolute Gasteiger partial charge is 0.370 e. The van der Waals surface area contributed by atoms with E-state index in [1.165, 1.54) is 0 Å². The van der Waals surface area contributed by atoms with Gasteiger partial charge in [-0.3, -0.25) is 0 Å². The summed E-state index contributed by atoms with van der Waals surface area (Å²) < 4.78 is 5.46. The zero-order valence-corrected chi connectivity index (χ0v) is 8.89. The van der Waals surface area contributed by atoms with Crippen LogP contribution in [0.3, 0.4) is 0 Å². The maximum absolute atomic E-state index is 8.88. The molecule has 0 aromatic carbocycles. The molecule has 0 atom stereocenters. The molecular weight excluding hydrogens is 153 g/mol. The second-order valence-electron chi connectivity index (χ2n) is 4.14. The molecule has 0 amide bonds. The minimum absolute atomic E-state index is 0.0806. The van der Waals surface area contributed by atoms with E-state index in [4.69, 9.17) is 10.00 Å². The van der Waals surface area contributed by atoms with Crippen LogP contribution in [0.15, 0.2) is 0 Å². The number of nitriles is 1. The van der Waals surface area contributed by atoms with Gasteiger partial charge in [0.15, 0.2) is 0 Å². The normalized spacial score (nSPS) is 48.6. The van der Waals surface area contributed by atoms with Gasteiger partial charge in [-0.1, -0.05) is 0 Å². The summed E-state index contributed by atoms with van der Waals surface area (Å²) in [6.45, 7) is 0.954. The van der Waals surface area contributed by atoms with E-state index in [1.54, 1.807) is 0 Å². The fraction of sp³-hybridized carbons (Fsp3) is 0.875. The van der Waals surface area contributed by atoms with Crippen LogP contribution in [0.5, 0.6) is 0 Å². The highest BCUT2D eigenvalue weighted by atomic mass is 27.0. The third kappa shape index (κ3) is 1.32. The van der Waals surface area contributed by atoms with Gasteiger partial charge in [0.1, 0.15) is 0 Å². The van der Waals surface area contributed by atoms with Crippen LogP contribution < -0.4 is 0 Å². The van der Waals surface area contributed by atoms with E-state index >= 15 is 0 Å². The van der Waals surface area contributed by atoms with Crippen molar-refractivity contribution in [2.24, 2.45) is 0 Å². The van der Waals surface area contributed by atoms with Crippen molar-refractivity contribution in [1.29, 1.82) is 5.26 Å². The average Bonchev–Trinajstić information content (AvgIpc) is 2.78. The Kier molecular flexibility index (Phi) is 1.55. The SMILES string of the molecule is N#C[C]1([AlH2])CCC2(CC1)CO2. The second-order valence-corrected chi connectivity index (χ2v) is 6.06. The zero-order valence-electron chi connectivity index (χ0n) is 6.89.